The summed E-state index contributed by atoms with van der Waals surface area (Å²) in [5.74, 6) is 0.182. The minimum absolute atomic E-state index is 0.182. The third kappa shape index (κ3) is 1.36. The molecule has 0 saturated carbocycles. The van der Waals surface area contributed by atoms with E-state index < -0.39 is 0 Å². The molecule has 0 amide bonds. The van der Waals surface area contributed by atoms with Gasteiger partial charge in [0.05, 0.1) is 12.4 Å². The van der Waals surface area contributed by atoms with Crippen LogP contribution in [0.4, 0.5) is 5.95 Å². The van der Waals surface area contributed by atoms with Crippen molar-refractivity contribution >= 4 is 28.7 Å². The maximum Gasteiger partial charge on any atom is 0.223 e. The summed E-state index contributed by atoms with van der Waals surface area (Å²) in [6.07, 6.45) is 8.19. The van der Waals surface area contributed by atoms with Gasteiger partial charge in [0.1, 0.15) is 5.52 Å². The van der Waals surface area contributed by atoms with Gasteiger partial charge in [-0.15, -0.1) is 0 Å². The summed E-state index contributed by atoms with van der Waals surface area (Å²) in [5, 5.41) is 0.309. The molecule has 6 heteroatoms. The summed E-state index contributed by atoms with van der Waals surface area (Å²) in [6.45, 7) is 0. The topological polar surface area (TPSA) is 69.6 Å². The number of halogens is 1. The number of aromatic nitrogens is 4. The van der Waals surface area contributed by atoms with E-state index >= 15 is 0 Å². The Morgan fingerprint density at radius 1 is 1.44 bits per heavy atom. The minimum Gasteiger partial charge on any atom is -0.368 e. The summed E-state index contributed by atoms with van der Waals surface area (Å²) in [6, 6.07) is 0.301. The van der Waals surface area contributed by atoms with E-state index in [0.29, 0.717) is 22.4 Å². The van der Waals surface area contributed by atoms with Crippen molar-refractivity contribution < 1.29 is 0 Å². The zero-order chi connectivity index (χ0) is 11.1. The quantitative estimate of drug-likeness (QED) is 0.606. The highest BCUT2D eigenvalue weighted by Gasteiger charge is 2.17. The van der Waals surface area contributed by atoms with E-state index in [1.165, 1.54) is 0 Å². The molecular weight excluding hydrogens is 226 g/mol. The second-order valence-electron chi connectivity index (χ2n) is 3.77. The molecular formula is C10H10ClN5. The van der Waals surface area contributed by atoms with Gasteiger partial charge in [-0.05, 0) is 12.8 Å². The van der Waals surface area contributed by atoms with Gasteiger partial charge in [0.2, 0.25) is 5.95 Å². The fraction of sp³-hybridized carbons (Fsp3) is 0.300. The average molecular weight is 236 g/mol. The number of anilines is 1. The molecule has 0 unspecified atom stereocenters. The predicted molar refractivity (Wildman–Crippen MR) is 62.2 cm³/mol. The molecule has 82 valence electrons. The molecule has 2 N–H and O–H groups in total. The van der Waals surface area contributed by atoms with Crippen molar-refractivity contribution in [2.45, 2.75) is 18.9 Å². The van der Waals surface area contributed by atoms with Crippen molar-refractivity contribution in [1.29, 1.82) is 0 Å². The number of allylic oxidation sites excluding steroid dienone is 2. The molecule has 1 aliphatic rings. The van der Waals surface area contributed by atoms with E-state index in [1.54, 1.807) is 6.33 Å². The molecule has 1 aliphatic carbocycles. The van der Waals surface area contributed by atoms with Crippen molar-refractivity contribution in [2.75, 3.05) is 5.73 Å². The first-order chi connectivity index (χ1) is 7.75. The fourth-order valence-corrected chi connectivity index (χ4v) is 2.21. The van der Waals surface area contributed by atoms with Crippen LogP contribution in [0.5, 0.6) is 0 Å². The first-order valence-corrected chi connectivity index (χ1v) is 5.46. The van der Waals surface area contributed by atoms with Crippen LogP contribution in [0.2, 0.25) is 5.15 Å². The number of nitrogen functional groups attached to an aromatic ring is 1. The van der Waals surface area contributed by atoms with Crippen molar-refractivity contribution in [3.63, 3.8) is 0 Å². The van der Waals surface area contributed by atoms with Crippen LogP contribution in [0.3, 0.4) is 0 Å². The van der Waals surface area contributed by atoms with Gasteiger partial charge in [-0.3, -0.25) is 0 Å². The molecule has 2 heterocycles. The smallest absolute Gasteiger partial charge is 0.223 e. The summed E-state index contributed by atoms with van der Waals surface area (Å²) < 4.78 is 1.99. The van der Waals surface area contributed by atoms with E-state index in [0.717, 1.165) is 12.8 Å². The zero-order valence-electron chi connectivity index (χ0n) is 8.47. The Bertz CT molecular complexity index is 574. The Hall–Kier alpha value is -1.62. The highest BCUT2D eigenvalue weighted by Crippen LogP contribution is 2.28. The number of imidazole rings is 1. The Morgan fingerprint density at radius 2 is 2.31 bits per heavy atom. The van der Waals surface area contributed by atoms with Crippen LogP contribution in [0.25, 0.3) is 11.2 Å². The Labute approximate surface area is 97.0 Å². The molecule has 0 saturated heterocycles. The number of rotatable bonds is 1. The second-order valence-corrected chi connectivity index (χ2v) is 4.13. The lowest BCUT2D eigenvalue weighted by atomic mass is 10.2. The lowest BCUT2D eigenvalue weighted by Gasteiger charge is -2.09. The van der Waals surface area contributed by atoms with Crippen molar-refractivity contribution in [3.05, 3.63) is 23.6 Å². The van der Waals surface area contributed by atoms with Crippen LogP contribution in [0, 0.1) is 0 Å². The number of nitrogens with two attached hydrogens (primary N) is 1. The number of fused-ring (bicyclic) bond motifs is 1. The molecule has 0 bridgehead atoms. The van der Waals surface area contributed by atoms with Crippen LogP contribution in [0.15, 0.2) is 18.5 Å². The van der Waals surface area contributed by atoms with E-state index in [1.807, 2.05) is 4.57 Å². The lowest BCUT2D eigenvalue weighted by Crippen LogP contribution is -2.04. The van der Waals surface area contributed by atoms with Gasteiger partial charge in [-0.25, -0.2) is 4.98 Å². The van der Waals surface area contributed by atoms with Crippen molar-refractivity contribution in [3.8, 4) is 0 Å². The molecule has 3 rings (SSSR count). The van der Waals surface area contributed by atoms with Gasteiger partial charge in [0.15, 0.2) is 10.8 Å². The van der Waals surface area contributed by atoms with E-state index in [-0.39, 0.29) is 5.95 Å². The second kappa shape index (κ2) is 3.45. The summed E-state index contributed by atoms with van der Waals surface area (Å²) in [5.41, 5.74) is 6.90. The van der Waals surface area contributed by atoms with Crippen molar-refractivity contribution in [2.24, 2.45) is 0 Å². The Balaban J connectivity index is 2.22. The first-order valence-electron chi connectivity index (χ1n) is 5.08. The lowest BCUT2D eigenvalue weighted by molar-refractivity contribution is 0.602. The maximum atomic E-state index is 5.96. The van der Waals surface area contributed by atoms with Gasteiger partial charge in [-0.1, -0.05) is 23.8 Å². The SMILES string of the molecule is Nc1nc(Cl)c2ncn([C@H]3C=CCC3)c2n1. The Kier molecular flexibility index (Phi) is 2.07. The molecule has 16 heavy (non-hydrogen) atoms. The summed E-state index contributed by atoms with van der Waals surface area (Å²) in [7, 11) is 0. The summed E-state index contributed by atoms with van der Waals surface area (Å²) >= 11 is 5.96. The van der Waals surface area contributed by atoms with Gasteiger partial charge < -0.3 is 10.3 Å². The number of hydrogen-bond acceptors (Lipinski definition) is 4. The molecule has 2 aromatic heterocycles. The van der Waals surface area contributed by atoms with Crippen LogP contribution in [0.1, 0.15) is 18.9 Å². The van der Waals surface area contributed by atoms with Crippen LogP contribution >= 0.6 is 11.6 Å². The normalized spacial score (nSPS) is 19.7. The Morgan fingerprint density at radius 3 is 3.06 bits per heavy atom. The molecule has 1 atom stereocenters. The molecule has 0 spiro atoms. The molecule has 0 fully saturated rings. The van der Waals surface area contributed by atoms with Crippen molar-refractivity contribution in [1.82, 2.24) is 19.5 Å². The van der Waals surface area contributed by atoms with E-state index in [2.05, 4.69) is 27.1 Å². The van der Waals surface area contributed by atoms with Gasteiger partial charge in [0.25, 0.3) is 0 Å². The molecule has 5 nitrogen and oxygen atoms in total. The molecule has 2 aromatic rings. The monoisotopic (exact) mass is 235 g/mol. The largest absolute Gasteiger partial charge is 0.368 e. The van der Waals surface area contributed by atoms with Crippen LogP contribution in [-0.2, 0) is 0 Å². The van der Waals surface area contributed by atoms with E-state index in [9.17, 15) is 0 Å². The average Bonchev–Trinajstić information content (AvgIpc) is 2.83. The number of hydrogen-bond donors (Lipinski definition) is 1. The van der Waals surface area contributed by atoms with Gasteiger partial charge in [-0.2, -0.15) is 9.97 Å². The standard InChI is InChI=1S/C10H10ClN5/c11-8-7-9(15-10(12)14-8)16(5-13-7)6-3-1-2-4-6/h1,3,5-6H,2,4H2,(H2,12,14,15)/t6-/m0/s1. The minimum atomic E-state index is 0.182. The fourth-order valence-electron chi connectivity index (χ4n) is 1.99. The third-order valence-corrected chi connectivity index (χ3v) is 3.00. The highest BCUT2D eigenvalue weighted by atomic mass is 35.5. The van der Waals surface area contributed by atoms with Gasteiger partial charge >= 0.3 is 0 Å². The van der Waals surface area contributed by atoms with E-state index in [4.69, 9.17) is 17.3 Å². The highest BCUT2D eigenvalue weighted by molar-refractivity contribution is 6.33. The summed E-state index contributed by atoms with van der Waals surface area (Å²) in [4.78, 5) is 12.3. The maximum absolute atomic E-state index is 5.96. The van der Waals surface area contributed by atoms with Crippen LogP contribution in [-0.4, -0.2) is 19.5 Å². The molecule has 0 radical (unpaired) electrons. The molecule has 0 aliphatic heterocycles. The predicted octanol–water partition coefficient (Wildman–Crippen LogP) is 1.95. The molecule has 0 aromatic carbocycles. The zero-order valence-corrected chi connectivity index (χ0v) is 9.22. The van der Waals surface area contributed by atoms with Gasteiger partial charge in [0, 0.05) is 0 Å². The number of nitrogens with zero attached hydrogens (tertiary/aromatic N) is 4. The van der Waals surface area contributed by atoms with Crippen LogP contribution < -0.4 is 5.73 Å². The third-order valence-electron chi connectivity index (χ3n) is 2.74. The first kappa shape index (κ1) is 9.59.